The van der Waals surface area contributed by atoms with Crippen molar-refractivity contribution in [1.29, 1.82) is 0 Å². The number of hydrogen-bond acceptors (Lipinski definition) is 4. The molecule has 2 aromatic rings. The van der Waals surface area contributed by atoms with E-state index in [4.69, 9.17) is 9.47 Å². The minimum atomic E-state index is -0.878. The number of nitrogens with zero attached hydrogens (tertiary/aromatic N) is 1. The average Bonchev–Trinajstić information content (AvgIpc) is 2.91. The summed E-state index contributed by atoms with van der Waals surface area (Å²) in [6.07, 6.45) is 2.37. The van der Waals surface area contributed by atoms with E-state index >= 15 is 0 Å². The fourth-order valence-electron chi connectivity index (χ4n) is 1.71. The highest BCUT2D eigenvalue weighted by Gasteiger charge is 2.21. The lowest BCUT2D eigenvalue weighted by Gasteiger charge is -2.16. The van der Waals surface area contributed by atoms with Crippen molar-refractivity contribution >= 4 is 15.9 Å². The summed E-state index contributed by atoms with van der Waals surface area (Å²) in [7, 11) is 3.11. The molecule has 0 aliphatic rings. The molecule has 0 aliphatic carbocycles. The first-order valence-electron chi connectivity index (χ1n) is 5.26. The van der Waals surface area contributed by atoms with Gasteiger partial charge in [0.25, 0.3) is 0 Å². The maximum absolute atomic E-state index is 10.2. The predicted octanol–water partition coefficient (Wildman–Crippen LogP) is 2.27. The average molecular weight is 313 g/mol. The zero-order valence-corrected chi connectivity index (χ0v) is 11.6. The quantitative estimate of drug-likeness (QED) is 0.909. The second-order valence-electron chi connectivity index (χ2n) is 3.58. The van der Waals surface area contributed by atoms with E-state index in [1.807, 2.05) is 0 Å². The fourth-order valence-corrected chi connectivity index (χ4v) is 2.39. The van der Waals surface area contributed by atoms with Crippen molar-refractivity contribution in [2.24, 2.45) is 0 Å². The van der Waals surface area contributed by atoms with E-state index in [9.17, 15) is 5.11 Å². The van der Waals surface area contributed by atoms with E-state index in [0.717, 1.165) is 0 Å². The summed E-state index contributed by atoms with van der Waals surface area (Å²) in [5, 5.41) is 10.2. The number of rotatable bonds is 4. The molecule has 18 heavy (non-hydrogen) atoms. The van der Waals surface area contributed by atoms with Gasteiger partial charge in [-0.15, -0.1) is 0 Å². The van der Waals surface area contributed by atoms with E-state index in [2.05, 4.69) is 25.9 Å². The summed E-state index contributed by atoms with van der Waals surface area (Å²) in [5.74, 6) is 1.63. The van der Waals surface area contributed by atoms with Crippen molar-refractivity contribution in [1.82, 2.24) is 9.97 Å². The molecular weight excluding hydrogens is 300 g/mol. The lowest BCUT2D eigenvalue weighted by Crippen LogP contribution is -2.05. The summed E-state index contributed by atoms with van der Waals surface area (Å²) in [5.41, 5.74) is 0.611. The number of nitrogens with one attached hydrogen (secondary N) is 1. The number of hydrogen-bond donors (Lipinski definition) is 2. The molecule has 1 unspecified atom stereocenters. The molecule has 0 amide bonds. The summed E-state index contributed by atoms with van der Waals surface area (Å²) in [6, 6.07) is 3.50. The summed E-state index contributed by atoms with van der Waals surface area (Å²) in [6.45, 7) is 0. The van der Waals surface area contributed by atoms with E-state index in [1.54, 1.807) is 31.6 Å². The number of aliphatic hydroxyl groups is 1. The third-order valence-electron chi connectivity index (χ3n) is 2.59. The Morgan fingerprint density at radius 2 is 2.11 bits per heavy atom. The van der Waals surface area contributed by atoms with Crippen LogP contribution in [0.3, 0.4) is 0 Å². The molecule has 0 radical (unpaired) electrons. The Bertz CT molecular complexity index is 528. The molecule has 0 bridgehead atoms. The van der Waals surface area contributed by atoms with Crippen molar-refractivity contribution < 1.29 is 14.6 Å². The number of aromatic amines is 1. The molecule has 0 fully saturated rings. The minimum Gasteiger partial charge on any atom is -0.495 e. The first kappa shape index (κ1) is 12.9. The van der Waals surface area contributed by atoms with Gasteiger partial charge in [0.2, 0.25) is 0 Å². The van der Waals surface area contributed by atoms with E-state index in [-0.39, 0.29) is 0 Å². The number of aliphatic hydroxyl groups excluding tert-OH is 1. The third-order valence-corrected chi connectivity index (χ3v) is 3.34. The zero-order chi connectivity index (χ0) is 13.1. The minimum absolute atomic E-state index is 0.463. The molecule has 0 aliphatic heterocycles. The molecule has 6 heteroatoms. The van der Waals surface area contributed by atoms with Crippen LogP contribution in [0.5, 0.6) is 11.5 Å². The van der Waals surface area contributed by atoms with E-state index in [0.29, 0.717) is 27.4 Å². The second kappa shape index (κ2) is 5.41. The number of imidazole rings is 1. The van der Waals surface area contributed by atoms with Gasteiger partial charge >= 0.3 is 0 Å². The first-order valence-corrected chi connectivity index (χ1v) is 6.06. The Labute approximate surface area is 113 Å². The van der Waals surface area contributed by atoms with Gasteiger partial charge < -0.3 is 19.6 Å². The van der Waals surface area contributed by atoms with Crippen molar-refractivity contribution in [3.05, 3.63) is 40.4 Å². The Kier molecular flexibility index (Phi) is 3.88. The number of halogens is 1. The molecule has 1 aromatic heterocycles. The van der Waals surface area contributed by atoms with Gasteiger partial charge in [-0.2, -0.15) is 0 Å². The lowest BCUT2D eigenvalue weighted by atomic mass is 10.1. The molecule has 96 valence electrons. The molecule has 2 N–H and O–H groups in total. The van der Waals surface area contributed by atoms with Gasteiger partial charge in [-0.05, 0) is 28.1 Å². The smallest absolute Gasteiger partial charge is 0.143 e. The molecule has 0 saturated carbocycles. The summed E-state index contributed by atoms with van der Waals surface area (Å²) in [4.78, 5) is 6.90. The number of benzene rings is 1. The Hall–Kier alpha value is -1.53. The first-order chi connectivity index (χ1) is 8.69. The van der Waals surface area contributed by atoms with E-state index in [1.165, 1.54) is 7.11 Å². The molecule has 0 saturated heterocycles. The molecule has 2 rings (SSSR count). The normalized spacial score (nSPS) is 12.2. The summed E-state index contributed by atoms with van der Waals surface area (Å²) >= 11 is 3.39. The number of aromatic nitrogens is 2. The SMILES string of the molecule is COc1ccc(C(O)c2ncc[nH]2)c(OC)c1Br. The molecule has 5 nitrogen and oxygen atoms in total. The van der Waals surface area contributed by atoms with Crippen LogP contribution in [-0.4, -0.2) is 29.3 Å². The van der Waals surface area contributed by atoms with Crippen LogP contribution < -0.4 is 9.47 Å². The highest BCUT2D eigenvalue weighted by molar-refractivity contribution is 9.10. The molecule has 0 spiro atoms. The third kappa shape index (κ3) is 2.21. The largest absolute Gasteiger partial charge is 0.495 e. The molecule has 1 atom stereocenters. The van der Waals surface area contributed by atoms with Crippen LogP contribution in [0.1, 0.15) is 17.5 Å². The second-order valence-corrected chi connectivity index (χ2v) is 4.37. The predicted molar refractivity (Wildman–Crippen MR) is 69.9 cm³/mol. The number of methoxy groups -OCH3 is 2. The topological polar surface area (TPSA) is 67.4 Å². The van der Waals surface area contributed by atoms with Gasteiger partial charge in [0.15, 0.2) is 0 Å². The van der Waals surface area contributed by atoms with Crippen molar-refractivity contribution in [3.63, 3.8) is 0 Å². The molecule has 1 heterocycles. The molecule has 1 aromatic carbocycles. The zero-order valence-electron chi connectivity index (χ0n) is 9.98. The van der Waals surface area contributed by atoms with Gasteiger partial charge in [-0.3, -0.25) is 0 Å². The van der Waals surface area contributed by atoms with Crippen LogP contribution in [0.2, 0.25) is 0 Å². The Morgan fingerprint density at radius 3 is 2.67 bits per heavy atom. The van der Waals surface area contributed by atoms with Crippen LogP contribution in [0, 0.1) is 0 Å². The van der Waals surface area contributed by atoms with E-state index < -0.39 is 6.10 Å². The maximum atomic E-state index is 10.2. The van der Waals surface area contributed by atoms with Crippen LogP contribution in [0.4, 0.5) is 0 Å². The van der Waals surface area contributed by atoms with Gasteiger partial charge in [0.05, 0.1) is 14.2 Å². The number of H-pyrrole nitrogens is 1. The summed E-state index contributed by atoms with van der Waals surface area (Å²) < 4.78 is 11.2. The standard InChI is InChI=1S/C12H13BrN2O3/c1-17-8-4-3-7(11(18-2)9(8)13)10(16)12-14-5-6-15-12/h3-6,10,16H,1-2H3,(H,14,15). The maximum Gasteiger partial charge on any atom is 0.143 e. The van der Waals surface area contributed by atoms with Gasteiger partial charge in [-0.25, -0.2) is 4.98 Å². The van der Waals surface area contributed by atoms with Gasteiger partial charge in [-0.1, -0.05) is 0 Å². The van der Waals surface area contributed by atoms with Crippen LogP contribution in [0.15, 0.2) is 29.0 Å². The van der Waals surface area contributed by atoms with Crippen molar-refractivity contribution in [2.45, 2.75) is 6.10 Å². The van der Waals surface area contributed by atoms with Crippen LogP contribution in [0.25, 0.3) is 0 Å². The van der Waals surface area contributed by atoms with Crippen molar-refractivity contribution in [3.8, 4) is 11.5 Å². The monoisotopic (exact) mass is 312 g/mol. The Balaban J connectivity index is 2.48. The number of ether oxygens (including phenoxy) is 2. The highest BCUT2D eigenvalue weighted by atomic mass is 79.9. The van der Waals surface area contributed by atoms with Crippen LogP contribution in [-0.2, 0) is 0 Å². The van der Waals surface area contributed by atoms with Crippen molar-refractivity contribution in [2.75, 3.05) is 14.2 Å². The lowest BCUT2D eigenvalue weighted by molar-refractivity contribution is 0.205. The molecular formula is C12H13BrN2O3. The Morgan fingerprint density at radius 1 is 1.33 bits per heavy atom. The van der Waals surface area contributed by atoms with Crippen LogP contribution >= 0.6 is 15.9 Å². The van der Waals surface area contributed by atoms with Gasteiger partial charge in [0.1, 0.15) is 27.9 Å². The van der Waals surface area contributed by atoms with Gasteiger partial charge in [0, 0.05) is 18.0 Å². The fraction of sp³-hybridized carbons (Fsp3) is 0.250. The highest BCUT2D eigenvalue weighted by Crippen LogP contribution is 2.40.